The first-order chi connectivity index (χ1) is 13.7. The van der Waals surface area contributed by atoms with E-state index in [1.807, 2.05) is 0 Å². The number of aliphatic imine (C=N–C) groups is 1. The van der Waals surface area contributed by atoms with Crippen molar-refractivity contribution in [2.75, 3.05) is 46.7 Å². The van der Waals surface area contributed by atoms with Crippen LogP contribution in [0.5, 0.6) is 5.75 Å². The molecule has 0 radical (unpaired) electrons. The van der Waals surface area contributed by atoms with Crippen molar-refractivity contribution in [2.24, 2.45) is 10.9 Å². The van der Waals surface area contributed by atoms with E-state index in [1.165, 1.54) is 6.07 Å². The lowest BCUT2D eigenvalue weighted by Crippen LogP contribution is -2.40. The largest absolute Gasteiger partial charge is 0.467 e. The quantitative estimate of drug-likeness (QED) is 0.338. The maximum Gasteiger partial charge on any atom is 0.193 e. The number of nitrogens with zero attached hydrogens (tertiary/aromatic N) is 2. The van der Waals surface area contributed by atoms with Gasteiger partial charge in [0, 0.05) is 45.5 Å². The minimum absolute atomic E-state index is 0. The molecular weight excluding hydrogens is 488 g/mol. The van der Waals surface area contributed by atoms with E-state index in [0.717, 1.165) is 74.3 Å². The molecule has 0 amide bonds. The molecule has 1 saturated heterocycles. The molecule has 0 saturated carbocycles. The summed E-state index contributed by atoms with van der Waals surface area (Å²) in [6.07, 6.45) is 4.07. The number of halogens is 2. The molecule has 6 nitrogen and oxygen atoms in total. The number of benzene rings is 1. The molecule has 2 aliphatic heterocycles. The molecule has 1 N–H and O–H groups in total. The minimum Gasteiger partial charge on any atom is -0.467 e. The van der Waals surface area contributed by atoms with E-state index in [0.29, 0.717) is 19.6 Å². The fourth-order valence-electron chi connectivity index (χ4n) is 3.71. The van der Waals surface area contributed by atoms with Gasteiger partial charge in [-0.2, -0.15) is 0 Å². The first-order valence-electron chi connectivity index (χ1n) is 10.3. The topological polar surface area (TPSA) is 55.3 Å². The molecule has 0 atom stereocenters. The van der Waals surface area contributed by atoms with Crippen molar-refractivity contribution in [1.29, 1.82) is 0 Å². The third-order valence-electron chi connectivity index (χ3n) is 5.30. The normalized spacial score (nSPS) is 17.1. The molecule has 2 heterocycles. The van der Waals surface area contributed by atoms with Crippen LogP contribution in [0, 0.1) is 11.7 Å². The summed E-state index contributed by atoms with van der Waals surface area (Å²) in [5.74, 6) is 2.12. The molecule has 0 spiro atoms. The molecule has 3 rings (SSSR count). The average molecular weight is 521 g/mol. The highest BCUT2D eigenvalue weighted by atomic mass is 127. The van der Waals surface area contributed by atoms with E-state index >= 15 is 0 Å². The first-order valence-corrected chi connectivity index (χ1v) is 10.3. The second kappa shape index (κ2) is 12.5. The highest BCUT2D eigenvalue weighted by Gasteiger charge is 2.18. The Kier molecular flexibility index (Phi) is 10.4. The van der Waals surface area contributed by atoms with Crippen LogP contribution in [0.3, 0.4) is 0 Å². The smallest absolute Gasteiger partial charge is 0.193 e. The number of fused-ring (bicyclic) bond motifs is 1. The SMILES string of the molecule is CCNC(=NCCc1cc(F)cc2c1OCOC2)N(C)CCC1CCOCC1.I. The van der Waals surface area contributed by atoms with E-state index < -0.39 is 0 Å². The van der Waals surface area contributed by atoms with E-state index in [9.17, 15) is 4.39 Å². The molecule has 0 bridgehead atoms. The summed E-state index contributed by atoms with van der Waals surface area (Å²) in [6.45, 7) is 6.79. The van der Waals surface area contributed by atoms with Gasteiger partial charge in [-0.15, -0.1) is 24.0 Å². The van der Waals surface area contributed by atoms with Crippen LogP contribution in [-0.4, -0.2) is 57.5 Å². The summed E-state index contributed by atoms with van der Waals surface area (Å²) in [5.41, 5.74) is 1.62. The van der Waals surface area contributed by atoms with Gasteiger partial charge in [0.05, 0.1) is 6.61 Å². The summed E-state index contributed by atoms with van der Waals surface area (Å²) >= 11 is 0. The van der Waals surface area contributed by atoms with Crippen LogP contribution in [0.4, 0.5) is 4.39 Å². The summed E-state index contributed by atoms with van der Waals surface area (Å²) in [7, 11) is 2.07. The number of ether oxygens (including phenoxy) is 3. The minimum atomic E-state index is -0.257. The molecule has 1 fully saturated rings. The molecule has 2 aliphatic rings. The molecule has 29 heavy (non-hydrogen) atoms. The third kappa shape index (κ3) is 7.25. The van der Waals surface area contributed by atoms with Gasteiger partial charge in [-0.05, 0) is 56.2 Å². The molecular formula is C21H33FIN3O3. The van der Waals surface area contributed by atoms with Crippen LogP contribution in [0.2, 0.25) is 0 Å². The van der Waals surface area contributed by atoms with E-state index in [1.54, 1.807) is 6.07 Å². The van der Waals surface area contributed by atoms with E-state index in [4.69, 9.17) is 19.2 Å². The molecule has 8 heteroatoms. The van der Waals surface area contributed by atoms with Crippen molar-refractivity contribution in [3.8, 4) is 5.75 Å². The Morgan fingerprint density at radius 2 is 2.07 bits per heavy atom. The van der Waals surface area contributed by atoms with Crippen LogP contribution in [-0.2, 0) is 22.5 Å². The number of rotatable bonds is 7. The Morgan fingerprint density at radius 3 is 2.83 bits per heavy atom. The number of hydrogen-bond donors (Lipinski definition) is 1. The fraction of sp³-hybridized carbons (Fsp3) is 0.667. The van der Waals surface area contributed by atoms with Gasteiger partial charge in [-0.1, -0.05) is 0 Å². The van der Waals surface area contributed by atoms with Gasteiger partial charge in [0.1, 0.15) is 11.6 Å². The van der Waals surface area contributed by atoms with E-state index in [2.05, 4.69) is 24.2 Å². The van der Waals surface area contributed by atoms with Crippen LogP contribution in [0.15, 0.2) is 17.1 Å². The van der Waals surface area contributed by atoms with Gasteiger partial charge in [-0.25, -0.2) is 4.39 Å². The van der Waals surface area contributed by atoms with Crippen LogP contribution in [0.25, 0.3) is 0 Å². The zero-order chi connectivity index (χ0) is 19.8. The van der Waals surface area contributed by atoms with E-state index in [-0.39, 0.29) is 36.6 Å². The van der Waals surface area contributed by atoms with Gasteiger partial charge < -0.3 is 24.4 Å². The molecule has 1 aromatic carbocycles. The molecule has 1 aromatic rings. The summed E-state index contributed by atoms with van der Waals surface area (Å²) < 4.78 is 30.2. The molecule has 0 aliphatic carbocycles. The predicted octanol–water partition coefficient (Wildman–Crippen LogP) is 3.57. The Morgan fingerprint density at radius 1 is 1.28 bits per heavy atom. The number of hydrogen-bond acceptors (Lipinski definition) is 4. The Bertz CT molecular complexity index is 669. The van der Waals surface area contributed by atoms with Crippen LogP contribution >= 0.6 is 24.0 Å². The lowest BCUT2D eigenvalue weighted by molar-refractivity contribution is -0.0172. The van der Waals surface area contributed by atoms with Crippen molar-refractivity contribution in [3.63, 3.8) is 0 Å². The maximum absolute atomic E-state index is 13.9. The highest BCUT2D eigenvalue weighted by Crippen LogP contribution is 2.29. The second-order valence-corrected chi connectivity index (χ2v) is 7.42. The van der Waals surface area contributed by atoms with Gasteiger partial charge in [-0.3, -0.25) is 4.99 Å². The van der Waals surface area contributed by atoms with Crippen molar-refractivity contribution < 1.29 is 18.6 Å². The molecule has 0 unspecified atom stereocenters. The average Bonchev–Trinajstić information content (AvgIpc) is 2.72. The first kappa shape index (κ1) is 24.1. The van der Waals surface area contributed by atoms with Crippen LogP contribution in [0.1, 0.15) is 37.3 Å². The zero-order valence-corrected chi connectivity index (χ0v) is 19.7. The lowest BCUT2D eigenvalue weighted by atomic mass is 9.96. The fourth-order valence-corrected chi connectivity index (χ4v) is 3.71. The van der Waals surface area contributed by atoms with Gasteiger partial charge >= 0.3 is 0 Å². The second-order valence-electron chi connectivity index (χ2n) is 7.42. The number of nitrogens with one attached hydrogen (secondary N) is 1. The summed E-state index contributed by atoms with van der Waals surface area (Å²) in [5, 5.41) is 3.36. The predicted molar refractivity (Wildman–Crippen MR) is 123 cm³/mol. The molecule has 0 aromatic heterocycles. The Hall–Kier alpha value is -1.13. The summed E-state index contributed by atoms with van der Waals surface area (Å²) in [6, 6.07) is 3.02. The van der Waals surface area contributed by atoms with Gasteiger partial charge in [0.2, 0.25) is 0 Å². The van der Waals surface area contributed by atoms with Crippen molar-refractivity contribution in [3.05, 3.63) is 29.1 Å². The van der Waals surface area contributed by atoms with Gasteiger partial charge in [0.25, 0.3) is 0 Å². The Labute approximate surface area is 190 Å². The van der Waals surface area contributed by atoms with Crippen molar-refractivity contribution >= 4 is 29.9 Å². The summed E-state index contributed by atoms with van der Waals surface area (Å²) in [4.78, 5) is 6.93. The number of guanidine groups is 1. The van der Waals surface area contributed by atoms with Gasteiger partial charge in [0.15, 0.2) is 12.8 Å². The maximum atomic E-state index is 13.9. The Balaban J connectivity index is 0.00000300. The highest BCUT2D eigenvalue weighted by molar-refractivity contribution is 14.0. The lowest BCUT2D eigenvalue weighted by Gasteiger charge is -2.27. The molecule has 164 valence electrons. The third-order valence-corrected chi connectivity index (χ3v) is 5.30. The zero-order valence-electron chi connectivity index (χ0n) is 17.4. The van der Waals surface area contributed by atoms with Crippen molar-refractivity contribution in [1.82, 2.24) is 10.2 Å². The van der Waals surface area contributed by atoms with Crippen LogP contribution < -0.4 is 10.1 Å². The monoisotopic (exact) mass is 521 g/mol. The standard InChI is InChI=1S/C21H32FN3O3.HI/c1-3-23-21(25(2)9-5-16-6-10-26-11-7-16)24-8-4-17-12-19(22)13-18-14-27-15-28-20(17)18;/h12-13,16H,3-11,14-15H2,1-2H3,(H,23,24);1H. The van der Waals surface area contributed by atoms with Crippen molar-refractivity contribution in [2.45, 2.75) is 39.2 Å².